The molecule has 1 atom stereocenters. The summed E-state index contributed by atoms with van der Waals surface area (Å²) in [4.78, 5) is 0. The van der Waals surface area contributed by atoms with Gasteiger partial charge in [0.15, 0.2) is 0 Å². The van der Waals surface area contributed by atoms with Crippen molar-refractivity contribution in [1.82, 2.24) is 0 Å². The monoisotopic (exact) mass is 243 g/mol. The van der Waals surface area contributed by atoms with Gasteiger partial charge in [-0.15, -0.1) is 0 Å². The lowest BCUT2D eigenvalue weighted by molar-refractivity contribution is 0.228. The van der Waals surface area contributed by atoms with Crippen molar-refractivity contribution >= 4 is 5.69 Å². The van der Waals surface area contributed by atoms with Crippen LogP contribution in [0.5, 0.6) is 11.5 Å². The fourth-order valence-electron chi connectivity index (χ4n) is 1.74. The lowest BCUT2D eigenvalue weighted by Crippen LogP contribution is -2.04. The predicted octanol–water partition coefficient (Wildman–Crippen LogP) is 3.42. The van der Waals surface area contributed by atoms with E-state index in [2.05, 4.69) is 0 Å². The standard InChI is InChI=1S/C15H17NO2/c1-11(12-6-4-3-5-7-12)18-15-9-8-13(17-2)10-14(15)16/h3-11H,16H2,1-2H3. The first-order valence-electron chi connectivity index (χ1n) is 5.86. The van der Waals surface area contributed by atoms with Crippen molar-refractivity contribution in [3.8, 4) is 11.5 Å². The van der Waals surface area contributed by atoms with Crippen molar-refractivity contribution in [2.24, 2.45) is 0 Å². The van der Waals surface area contributed by atoms with Crippen LogP contribution in [0.15, 0.2) is 48.5 Å². The second-order valence-corrected chi connectivity index (χ2v) is 4.07. The first-order chi connectivity index (χ1) is 8.70. The minimum Gasteiger partial charge on any atom is -0.497 e. The quantitative estimate of drug-likeness (QED) is 0.837. The zero-order valence-electron chi connectivity index (χ0n) is 10.6. The minimum atomic E-state index is -0.0399. The number of methoxy groups -OCH3 is 1. The Morgan fingerprint density at radius 3 is 2.39 bits per heavy atom. The molecule has 2 aromatic rings. The first-order valence-corrected chi connectivity index (χ1v) is 5.86. The summed E-state index contributed by atoms with van der Waals surface area (Å²) in [6.07, 6.45) is -0.0399. The van der Waals surface area contributed by atoms with E-state index in [1.807, 2.05) is 49.4 Å². The van der Waals surface area contributed by atoms with Crippen LogP contribution in [0.2, 0.25) is 0 Å². The summed E-state index contributed by atoms with van der Waals surface area (Å²) in [7, 11) is 1.61. The van der Waals surface area contributed by atoms with Gasteiger partial charge < -0.3 is 15.2 Å². The van der Waals surface area contributed by atoms with Crippen LogP contribution in [0, 0.1) is 0 Å². The van der Waals surface area contributed by atoms with Crippen molar-refractivity contribution in [3.05, 3.63) is 54.1 Å². The Bertz CT molecular complexity index is 511. The molecule has 0 radical (unpaired) electrons. The molecular formula is C15H17NO2. The third kappa shape index (κ3) is 2.74. The maximum Gasteiger partial charge on any atom is 0.143 e. The maximum atomic E-state index is 5.92. The molecule has 18 heavy (non-hydrogen) atoms. The molecule has 0 saturated heterocycles. The van der Waals surface area contributed by atoms with Gasteiger partial charge >= 0.3 is 0 Å². The van der Waals surface area contributed by atoms with Gasteiger partial charge in [-0.2, -0.15) is 0 Å². The minimum absolute atomic E-state index is 0.0399. The molecule has 3 nitrogen and oxygen atoms in total. The van der Waals surface area contributed by atoms with Crippen LogP contribution in [0.25, 0.3) is 0 Å². The summed E-state index contributed by atoms with van der Waals surface area (Å²) in [5.41, 5.74) is 7.62. The largest absolute Gasteiger partial charge is 0.497 e. The van der Waals surface area contributed by atoms with E-state index in [1.54, 1.807) is 13.2 Å². The summed E-state index contributed by atoms with van der Waals surface area (Å²) in [6.45, 7) is 2.00. The number of nitrogens with two attached hydrogens (primary N) is 1. The Balaban J connectivity index is 2.14. The molecule has 0 saturated carbocycles. The average molecular weight is 243 g/mol. The Labute approximate surface area is 107 Å². The molecule has 94 valence electrons. The fraction of sp³-hybridized carbons (Fsp3) is 0.200. The Morgan fingerprint density at radius 2 is 1.78 bits per heavy atom. The molecule has 0 aromatic heterocycles. The molecule has 0 aliphatic rings. The number of rotatable bonds is 4. The highest BCUT2D eigenvalue weighted by Crippen LogP contribution is 2.30. The van der Waals surface area contributed by atoms with E-state index >= 15 is 0 Å². The molecular weight excluding hydrogens is 226 g/mol. The van der Waals surface area contributed by atoms with E-state index in [0.29, 0.717) is 11.4 Å². The number of nitrogen functional groups attached to an aromatic ring is 1. The summed E-state index contributed by atoms with van der Waals surface area (Å²) in [6, 6.07) is 15.5. The average Bonchev–Trinajstić information content (AvgIpc) is 2.42. The van der Waals surface area contributed by atoms with Gasteiger partial charge in [0.1, 0.15) is 17.6 Å². The highest BCUT2D eigenvalue weighted by Gasteiger charge is 2.09. The lowest BCUT2D eigenvalue weighted by Gasteiger charge is -2.16. The van der Waals surface area contributed by atoms with Gasteiger partial charge in [0, 0.05) is 6.07 Å². The Morgan fingerprint density at radius 1 is 1.06 bits per heavy atom. The molecule has 0 bridgehead atoms. The number of ether oxygens (including phenoxy) is 2. The van der Waals surface area contributed by atoms with E-state index in [9.17, 15) is 0 Å². The predicted molar refractivity (Wildman–Crippen MR) is 72.9 cm³/mol. The lowest BCUT2D eigenvalue weighted by atomic mass is 10.1. The topological polar surface area (TPSA) is 44.5 Å². The summed E-state index contributed by atoms with van der Waals surface area (Å²) < 4.78 is 11.0. The second kappa shape index (κ2) is 5.45. The number of benzene rings is 2. The molecule has 1 unspecified atom stereocenters. The number of hydrogen-bond donors (Lipinski definition) is 1. The molecule has 0 spiro atoms. The molecule has 2 N–H and O–H groups in total. The van der Waals surface area contributed by atoms with Crippen molar-refractivity contribution in [2.45, 2.75) is 13.0 Å². The third-order valence-corrected chi connectivity index (χ3v) is 2.79. The van der Waals surface area contributed by atoms with Gasteiger partial charge in [-0.3, -0.25) is 0 Å². The van der Waals surface area contributed by atoms with E-state index in [4.69, 9.17) is 15.2 Å². The molecule has 2 aromatic carbocycles. The summed E-state index contributed by atoms with van der Waals surface area (Å²) in [5.74, 6) is 1.40. The SMILES string of the molecule is COc1ccc(OC(C)c2ccccc2)c(N)c1. The van der Waals surface area contributed by atoms with Crippen LogP contribution in [-0.2, 0) is 0 Å². The van der Waals surface area contributed by atoms with Gasteiger partial charge in [-0.1, -0.05) is 30.3 Å². The molecule has 0 aliphatic heterocycles. The number of hydrogen-bond acceptors (Lipinski definition) is 3. The third-order valence-electron chi connectivity index (χ3n) is 2.79. The van der Waals surface area contributed by atoms with Crippen LogP contribution in [-0.4, -0.2) is 7.11 Å². The molecule has 0 aliphatic carbocycles. The van der Waals surface area contributed by atoms with E-state index in [0.717, 1.165) is 11.3 Å². The molecule has 2 rings (SSSR count). The molecule has 0 fully saturated rings. The Kier molecular flexibility index (Phi) is 3.72. The highest BCUT2D eigenvalue weighted by atomic mass is 16.5. The fourth-order valence-corrected chi connectivity index (χ4v) is 1.74. The molecule has 3 heteroatoms. The smallest absolute Gasteiger partial charge is 0.143 e. The molecule has 0 amide bonds. The van der Waals surface area contributed by atoms with Crippen LogP contribution in [0.4, 0.5) is 5.69 Å². The first kappa shape index (κ1) is 12.3. The van der Waals surface area contributed by atoms with Gasteiger partial charge in [-0.25, -0.2) is 0 Å². The van der Waals surface area contributed by atoms with Crippen molar-refractivity contribution < 1.29 is 9.47 Å². The van der Waals surface area contributed by atoms with Gasteiger partial charge in [-0.05, 0) is 24.6 Å². The molecule has 0 heterocycles. The van der Waals surface area contributed by atoms with Gasteiger partial charge in [0.25, 0.3) is 0 Å². The summed E-state index contributed by atoms with van der Waals surface area (Å²) in [5, 5.41) is 0. The van der Waals surface area contributed by atoms with Gasteiger partial charge in [0.2, 0.25) is 0 Å². The van der Waals surface area contributed by atoms with E-state index in [-0.39, 0.29) is 6.10 Å². The van der Waals surface area contributed by atoms with Gasteiger partial charge in [0.05, 0.1) is 12.8 Å². The second-order valence-electron chi connectivity index (χ2n) is 4.07. The van der Waals surface area contributed by atoms with Crippen LogP contribution < -0.4 is 15.2 Å². The van der Waals surface area contributed by atoms with Crippen LogP contribution >= 0.6 is 0 Å². The van der Waals surface area contributed by atoms with Crippen LogP contribution in [0.3, 0.4) is 0 Å². The van der Waals surface area contributed by atoms with Crippen molar-refractivity contribution in [1.29, 1.82) is 0 Å². The van der Waals surface area contributed by atoms with E-state index < -0.39 is 0 Å². The van der Waals surface area contributed by atoms with Crippen molar-refractivity contribution in [3.63, 3.8) is 0 Å². The zero-order chi connectivity index (χ0) is 13.0. The van der Waals surface area contributed by atoms with Crippen molar-refractivity contribution in [2.75, 3.05) is 12.8 Å². The summed E-state index contributed by atoms with van der Waals surface area (Å²) >= 11 is 0. The number of anilines is 1. The Hall–Kier alpha value is -2.16. The highest BCUT2D eigenvalue weighted by molar-refractivity contribution is 5.56. The maximum absolute atomic E-state index is 5.92. The normalized spacial score (nSPS) is 11.9. The zero-order valence-corrected chi connectivity index (χ0v) is 10.6. The van der Waals surface area contributed by atoms with Crippen LogP contribution in [0.1, 0.15) is 18.6 Å². The van der Waals surface area contributed by atoms with E-state index in [1.165, 1.54) is 0 Å².